The lowest BCUT2D eigenvalue weighted by Gasteiger charge is -2.14. The highest BCUT2D eigenvalue weighted by molar-refractivity contribution is 6.31. The normalized spacial score (nSPS) is 10.6. The van der Waals surface area contributed by atoms with Gasteiger partial charge < -0.3 is 10.1 Å². The zero-order chi connectivity index (χ0) is 18.9. The van der Waals surface area contributed by atoms with Crippen LogP contribution in [0.15, 0.2) is 72.8 Å². The highest BCUT2D eigenvalue weighted by atomic mass is 35.5. The van der Waals surface area contributed by atoms with Crippen LogP contribution >= 0.6 is 11.6 Å². The lowest BCUT2D eigenvalue weighted by atomic mass is 10.1. The summed E-state index contributed by atoms with van der Waals surface area (Å²) in [6, 6.07) is 24.6. The van der Waals surface area contributed by atoms with Crippen molar-refractivity contribution >= 4 is 17.3 Å². The molecule has 3 heteroatoms. The van der Waals surface area contributed by atoms with E-state index < -0.39 is 0 Å². The van der Waals surface area contributed by atoms with Gasteiger partial charge >= 0.3 is 0 Å². The average Bonchev–Trinajstić information content (AvgIpc) is 2.71. The number of benzene rings is 3. The van der Waals surface area contributed by atoms with Crippen LogP contribution in [0.5, 0.6) is 5.75 Å². The Hall–Kier alpha value is -2.45. The van der Waals surface area contributed by atoms with Crippen LogP contribution in [-0.2, 0) is 19.6 Å². The first-order chi connectivity index (χ1) is 13.3. The summed E-state index contributed by atoms with van der Waals surface area (Å²) in [5.41, 5.74) is 4.63. The van der Waals surface area contributed by atoms with Crippen molar-refractivity contribution in [2.45, 2.75) is 39.3 Å². The maximum Gasteiger partial charge on any atom is 0.124 e. The van der Waals surface area contributed by atoms with Gasteiger partial charge in [-0.1, -0.05) is 73.5 Å². The van der Waals surface area contributed by atoms with Gasteiger partial charge in [-0.15, -0.1) is 0 Å². The lowest BCUT2D eigenvalue weighted by Crippen LogP contribution is -2.04. The molecule has 0 unspecified atom stereocenters. The van der Waals surface area contributed by atoms with Crippen molar-refractivity contribution in [3.8, 4) is 5.75 Å². The van der Waals surface area contributed by atoms with E-state index in [2.05, 4.69) is 42.6 Å². The predicted octanol–water partition coefficient (Wildman–Crippen LogP) is 6.87. The molecule has 1 N–H and O–H groups in total. The van der Waals surface area contributed by atoms with Crippen LogP contribution in [0.3, 0.4) is 0 Å². The fraction of sp³-hybridized carbons (Fsp3) is 0.250. The number of rotatable bonds is 9. The smallest absolute Gasteiger partial charge is 0.124 e. The third kappa shape index (κ3) is 5.77. The molecule has 0 heterocycles. The Labute approximate surface area is 167 Å². The molecule has 27 heavy (non-hydrogen) atoms. The molecule has 3 rings (SSSR count). The molecule has 3 aromatic rings. The Kier molecular flexibility index (Phi) is 7.18. The molecule has 0 radical (unpaired) electrons. The lowest BCUT2D eigenvalue weighted by molar-refractivity contribution is 0.303. The standard InChI is InChI=1S/C24H26ClNO/c1-2-3-8-19-13-15-22(16-14-19)26-17-20-9-5-7-12-24(20)27-18-21-10-4-6-11-23(21)25/h4-7,9-16,26H,2-3,8,17-18H2,1H3. The highest BCUT2D eigenvalue weighted by Crippen LogP contribution is 2.23. The summed E-state index contributed by atoms with van der Waals surface area (Å²) in [7, 11) is 0. The van der Waals surface area contributed by atoms with Crippen molar-refractivity contribution in [3.05, 3.63) is 94.5 Å². The van der Waals surface area contributed by atoms with Crippen LogP contribution in [-0.4, -0.2) is 0 Å². The van der Waals surface area contributed by atoms with E-state index in [9.17, 15) is 0 Å². The molecule has 0 aliphatic heterocycles. The molecule has 0 spiro atoms. The second-order valence-corrected chi connectivity index (χ2v) is 7.05. The molecule has 0 aliphatic carbocycles. The Morgan fingerprint density at radius 1 is 0.852 bits per heavy atom. The molecule has 140 valence electrons. The van der Waals surface area contributed by atoms with Gasteiger partial charge in [0.15, 0.2) is 0 Å². The second kappa shape index (κ2) is 10.0. The highest BCUT2D eigenvalue weighted by Gasteiger charge is 2.05. The number of hydrogen-bond acceptors (Lipinski definition) is 2. The van der Waals surface area contributed by atoms with Crippen molar-refractivity contribution in [3.63, 3.8) is 0 Å². The summed E-state index contributed by atoms with van der Waals surface area (Å²) >= 11 is 6.22. The fourth-order valence-electron chi connectivity index (χ4n) is 2.93. The summed E-state index contributed by atoms with van der Waals surface area (Å²) in [4.78, 5) is 0. The quantitative estimate of drug-likeness (QED) is 0.437. The maximum atomic E-state index is 6.22. The number of ether oxygens (including phenoxy) is 1. The van der Waals surface area contributed by atoms with Gasteiger partial charge in [0.05, 0.1) is 0 Å². The average molecular weight is 380 g/mol. The maximum absolute atomic E-state index is 6.22. The Morgan fingerprint density at radius 3 is 2.30 bits per heavy atom. The third-order valence-electron chi connectivity index (χ3n) is 4.57. The van der Waals surface area contributed by atoms with E-state index in [1.54, 1.807) is 0 Å². The SMILES string of the molecule is CCCCc1ccc(NCc2ccccc2OCc2ccccc2Cl)cc1. The van der Waals surface area contributed by atoms with Crippen LogP contribution in [0.2, 0.25) is 5.02 Å². The third-order valence-corrected chi connectivity index (χ3v) is 4.94. The van der Waals surface area contributed by atoms with Gasteiger partial charge in [0.2, 0.25) is 0 Å². The van der Waals surface area contributed by atoms with Crippen LogP contribution in [0.1, 0.15) is 36.5 Å². The van der Waals surface area contributed by atoms with Gasteiger partial charge in [-0.3, -0.25) is 0 Å². The largest absolute Gasteiger partial charge is 0.488 e. The molecule has 0 bridgehead atoms. The van der Waals surface area contributed by atoms with E-state index in [4.69, 9.17) is 16.3 Å². The van der Waals surface area contributed by atoms with Gasteiger partial charge in [0, 0.05) is 28.4 Å². The van der Waals surface area contributed by atoms with Gasteiger partial charge in [0.1, 0.15) is 12.4 Å². The number of unbranched alkanes of at least 4 members (excludes halogenated alkanes) is 1. The summed E-state index contributed by atoms with van der Waals surface area (Å²) < 4.78 is 6.03. The van der Waals surface area contributed by atoms with Crippen LogP contribution < -0.4 is 10.1 Å². The summed E-state index contributed by atoms with van der Waals surface area (Å²) in [6.07, 6.45) is 3.61. The monoisotopic (exact) mass is 379 g/mol. The number of nitrogens with one attached hydrogen (secondary N) is 1. The molecule has 0 fully saturated rings. The molecule has 0 saturated carbocycles. The molecule has 0 aliphatic rings. The van der Waals surface area contributed by atoms with Crippen LogP contribution in [0.4, 0.5) is 5.69 Å². The molecule has 0 amide bonds. The van der Waals surface area contributed by atoms with Crippen LogP contribution in [0.25, 0.3) is 0 Å². The molecule has 0 saturated heterocycles. The first kappa shape index (κ1) is 19.3. The van der Waals surface area contributed by atoms with Gasteiger partial charge in [-0.25, -0.2) is 0 Å². The van der Waals surface area contributed by atoms with Crippen molar-refractivity contribution in [1.29, 1.82) is 0 Å². The van der Waals surface area contributed by atoms with Crippen molar-refractivity contribution < 1.29 is 4.74 Å². The van der Waals surface area contributed by atoms with Gasteiger partial charge in [0.25, 0.3) is 0 Å². The van der Waals surface area contributed by atoms with E-state index in [0.29, 0.717) is 13.2 Å². The second-order valence-electron chi connectivity index (χ2n) is 6.64. The van der Waals surface area contributed by atoms with Gasteiger partial charge in [-0.05, 0) is 42.7 Å². The molecule has 2 nitrogen and oxygen atoms in total. The number of para-hydroxylation sites is 1. The molecule has 0 atom stereocenters. The fourth-order valence-corrected chi connectivity index (χ4v) is 3.12. The first-order valence-corrected chi connectivity index (χ1v) is 9.91. The molecular formula is C24H26ClNO. The van der Waals surface area contributed by atoms with E-state index in [0.717, 1.165) is 34.0 Å². The first-order valence-electron chi connectivity index (χ1n) is 9.53. The summed E-state index contributed by atoms with van der Waals surface area (Å²) in [5, 5.41) is 4.22. The van der Waals surface area contributed by atoms with Crippen molar-refractivity contribution in [1.82, 2.24) is 0 Å². The molecule has 0 aromatic heterocycles. The topological polar surface area (TPSA) is 21.3 Å². The number of hydrogen-bond donors (Lipinski definition) is 1. The minimum atomic E-state index is 0.461. The van der Waals surface area contributed by atoms with Crippen LogP contribution in [0, 0.1) is 0 Å². The summed E-state index contributed by atoms with van der Waals surface area (Å²) in [6.45, 7) is 3.40. The van der Waals surface area contributed by atoms with E-state index >= 15 is 0 Å². The van der Waals surface area contributed by atoms with Crippen molar-refractivity contribution in [2.24, 2.45) is 0 Å². The predicted molar refractivity (Wildman–Crippen MR) is 115 cm³/mol. The van der Waals surface area contributed by atoms with E-state index in [1.807, 2.05) is 42.5 Å². The molecular weight excluding hydrogens is 354 g/mol. The zero-order valence-electron chi connectivity index (χ0n) is 15.7. The Bertz CT molecular complexity index is 845. The number of halogens is 1. The number of aryl methyl sites for hydroxylation is 1. The van der Waals surface area contributed by atoms with E-state index in [-0.39, 0.29) is 0 Å². The Balaban J connectivity index is 1.60. The van der Waals surface area contributed by atoms with Crippen molar-refractivity contribution in [2.75, 3.05) is 5.32 Å². The Morgan fingerprint density at radius 2 is 1.56 bits per heavy atom. The minimum absolute atomic E-state index is 0.461. The summed E-state index contributed by atoms with van der Waals surface area (Å²) in [5.74, 6) is 0.879. The zero-order valence-corrected chi connectivity index (χ0v) is 16.5. The number of anilines is 1. The minimum Gasteiger partial charge on any atom is -0.488 e. The van der Waals surface area contributed by atoms with Gasteiger partial charge in [-0.2, -0.15) is 0 Å². The molecule has 3 aromatic carbocycles. The van der Waals surface area contributed by atoms with E-state index in [1.165, 1.54) is 18.4 Å².